The Morgan fingerprint density at radius 1 is 1.25 bits per heavy atom. The molecule has 0 aromatic heterocycles. The first-order chi connectivity index (χ1) is 7.41. The molecule has 0 aromatic carbocycles. The van der Waals surface area contributed by atoms with Gasteiger partial charge in [0.25, 0.3) is 0 Å². The van der Waals surface area contributed by atoms with E-state index in [9.17, 15) is 0 Å². The Balaban J connectivity index is 0.00000106. The topological polar surface area (TPSA) is 3.24 Å². The molecule has 0 aliphatic heterocycles. The molecule has 0 saturated heterocycles. The maximum absolute atomic E-state index is 2.44. The van der Waals surface area contributed by atoms with Crippen LogP contribution in [0.5, 0.6) is 0 Å². The van der Waals surface area contributed by atoms with E-state index in [1.54, 1.807) is 5.57 Å². The fourth-order valence-corrected chi connectivity index (χ4v) is 2.30. The fraction of sp³-hybridized carbons (Fsp3) is 0.867. The highest BCUT2D eigenvalue weighted by atomic mass is 15.0. The van der Waals surface area contributed by atoms with Gasteiger partial charge in [0.15, 0.2) is 0 Å². The van der Waals surface area contributed by atoms with Crippen molar-refractivity contribution in [1.29, 1.82) is 0 Å². The van der Waals surface area contributed by atoms with Crippen LogP contribution in [0, 0.1) is 11.3 Å². The quantitative estimate of drug-likeness (QED) is 0.643. The van der Waals surface area contributed by atoms with E-state index >= 15 is 0 Å². The van der Waals surface area contributed by atoms with Crippen LogP contribution in [0.15, 0.2) is 11.6 Å². The molecule has 0 aromatic rings. The third-order valence-corrected chi connectivity index (χ3v) is 3.04. The second-order valence-corrected chi connectivity index (χ2v) is 5.79. The normalized spacial score (nSPS) is 23.9. The van der Waals surface area contributed by atoms with Gasteiger partial charge in [-0.1, -0.05) is 46.3 Å². The lowest BCUT2D eigenvalue weighted by Crippen LogP contribution is -2.32. The van der Waals surface area contributed by atoms with Crippen molar-refractivity contribution in [3.8, 4) is 0 Å². The van der Waals surface area contributed by atoms with E-state index in [1.807, 2.05) is 13.8 Å². The molecule has 0 spiro atoms. The highest BCUT2D eigenvalue weighted by Gasteiger charge is 2.35. The van der Waals surface area contributed by atoms with E-state index in [0.29, 0.717) is 5.41 Å². The maximum atomic E-state index is 2.44. The van der Waals surface area contributed by atoms with E-state index in [1.165, 1.54) is 25.8 Å². The first-order valence-electron chi connectivity index (χ1n) is 6.76. The first-order valence-corrected chi connectivity index (χ1v) is 6.76. The molecule has 1 fully saturated rings. The molecule has 1 saturated carbocycles. The van der Waals surface area contributed by atoms with E-state index in [4.69, 9.17) is 0 Å². The maximum Gasteiger partial charge on any atom is -0.00194 e. The molecule has 1 heteroatoms. The Morgan fingerprint density at radius 2 is 1.75 bits per heavy atom. The summed E-state index contributed by atoms with van der Waals surface area (Å²) in [5.74, 6) is 0.725. The summed E-state index contributed by atoms with van der Waals surface area (Å²) in [5.41, 5.74) is 2.28. The van der Waals surface area contributed by atoms with Crippen LogP contribution in [0.2, 0.25) is 0 Å². The second-order valence-electron chi connectivity index (χ2n) is 5.79. The molecule has 1 aliphatic carbocycles. The van der Waals surface area contributed by atoms with Gasteiger partial charge < -0.3 is 4.90 Å². The van der Waals surface area contributed by atoms with Crippen molar-refractivity contribution in [3.63, 3.8) is 0 Å². The molecule has 96 valence electrons. The Bertz CT molecular complexity index is 205. The number of rotatable bonds is 4. The number of allylic oxidation sites excluding steroid dienone is 2. The molecule has 1 nitrogen and oxygen atoms in total. The fourth-order valence-electron chi connectivity index (χ4n) is 2.30. The van der Waals surface area contributed by atoms with Gasteiger partial charge in [-0.05, 0) is 51.2 Å². The average Bonchev–Trinajstić information content (AvgIpc) is 2.15. The summed E-state index contributed by atoms with van der Waals surface area (Å²) in [5, 5.41) is 0. The van der Waals surface area contributed by atoms with Gasteiger partial charge in [0.2, 0.25) is 0 Å². The molecule has 16 heavy (non-hydrogen) atoms. The van der Waals surface area contributed by atoms with Crippen LogP contribution in [0.3, 0.4) is 0 Å². The van der Waals surface area contributed by atoms with Crippen LogP contribution in [-0.2, 0) is 0 Å². The van der Waals surface area contributed by atoms with Gasteiger partial charge in [0.05, 0.1) is 0 Å². The standard InChI is InChI=1S/C13H25N.C2H6/c1-11(2)8-12-9-13(3,10-12)6-7-14(4)5;1-2/h8,11H,6-7,9-10H2,1-5H3;1-2H3. The second kappa shape index (κ2) is 7.11. The summed E-state index contributed by atoms with van der Waals surface area (Å²) in [6.45, 7) is 12.2. The van der Waals surface area contributed by atoms with Crippen molar-refractivity contribution in [2.75, 3.05) is 20.6 Å². The number of nitrogens with zero attached hydrogens (tertiary/aromatic N) is 1. The van der Waals surface area contributed by atoms with Gasteiger partial charge in [-0.3, -0.25) is 0 Å². The Labute approximate surface area is 103 Å². The van der Waals surface area contributed by atoms with E-state index in [0.717, 1.165) is 5.92 Å². The van der Waals surface area contributed by atoms with Crippen molar-refractivity contribution in [1.82, 2.24) is 4.90 Å². The van der Waals surface area contributed by atoms with Gasteiger partial charge >= 0.3 is 0 Å². The molecule has 1 rings (SSSR count). The smallest absolute Gasteiger partial charge is 0.00194 e. The third-order valence-electron chi connectivity index (χ3n) is 3.04. The SMILES string of the molecule is CC.CC(C)C=C1CC(C)(CCN(C)C)C1. The monoisotopic (exact) mass is 225 g/mol. The molecule has 1 aliphatic rings. The van der Waals surface area contributed by atoms with Crippen molar-refractivity contribution in [2.45, 2.75) is 53.9 Å². The van der Waals surface area contributed by atoms with Gasteiger partial charge in [0.1, 0.15) is 0 Å². The molecular formula is C15H31N. The summed E-state index contributed by atoms with van der Waals surface area (Å²) in [6.07, 6.45) is 6.45. The zero-order valence-corrected chi connectivity index (χ0v) is 12.4. The highest BCUT2D eigenvalue weighted by Crippen LogP contribution is 2.47. The van der Waals surface area contributed by atoms with E-state index in [2.05, 4.69) is 45.8 Å². The Kier molecular flexibility index (Phi) is 6.98. The van der Waals surface area contributed by atoms with Crippen LogP contribution < -0.4 is 0 Å². The number of hydrogen-bond donors (Lipinski definition) is 0. The lowest BCUT2D eigenvalue weighted by atomic mass is 9.64. The van der Waals surface area contributed by atoms with Crippen LogP contribution in [0.1, 0.15) is 53.9 Å². The van der Waals surface area contributed by atoms with E-state index in [-0.39, 0.29) is 0 Å². The Morgan fingerprint density at radius 3 is 2.12 bits per heavy atom. The van der Waals surface area contributed by atoms with Crippen LogP contribution >= 0.6 is 0 Å². The van der Waals surface area contributed by atoms with Crippen LogP contribution in [0.25, 0.3) is 0 Å². The van der Waals surface area contributed by atoms with Gasteiger partial charge in [-0.15, -0.1) is 0 Å². The molecule has 0 unspecified atom stereocenters. The minimum atomic E-state index is 0.602. The van der Waals surface area contributed by atoms with Crippen molar-refractivity contribution < 1.29 is 0 Å². The molecule has 0 heterocycles. The lowest BCUT2D eigenvalue weighted by molar-refractivity contribution is 0.189. The van der Waals surface area contributed by atoms with Gasteiger partial charge in [-0.25, -0.2) is 0 Å². The molecule has 0 N–H and O–H groups in total. The molecule has 0 radical (unpaired) electrons. The first kappa shape index (κ1) is 15.7. The predicted octanol–water partition coefficient (Wildman–Crippen LogP) is 4.35. The van der Waals surface area contributed by atoms with E-state index < -0.39 is 0 Å². The molecular weight excluding hydrogens is 194 g/mol. The molecule has 0 atom stereocenters. The van der Waals surface area contributed by atoms with Crippen molar-refractivity contribution >= 4 is 0 Å². The summed E-state index contributed by atoms with van der Waals surface area (Å²) in [6, 6.07) is 0. The zero-order chi connectivity index (χ0) is 12.8. The zero-order valence-electron chi connectivity index (χ0n) is 12.4. The number of hydrogen-bond acceptors (Lipinski definition) is 1. The van der Waals surface area contributed by atoms with Crippen LogP contribution in [0.4, 0.5) is 0 Å². The summed E-state index contributed by atoms with van der Waals surface area (Å²) >= 11 is 0. The lowest BCUT2D eigenvalue weighted by Gasteiger charge is -2.42. The minimum absolute atomic E-state index is 0.602. The average molecular weight is 225 g/mol. The predicted molar refractivity (Wildman–Crippen MR) is 74.8 cm³/mol. The summed E-state index contributed by atoms with van der Waals surface area (Å²) < 4.78 is 0. The summed E-state index contributed by atoms with van der Waals surface area (Å²) in [7, 11) is 4.32. The van der Waals surface area contributed by atoms with Gasteiger partial charge in [-0.2, -0.15) is 0 Å². The van der Waals surface area contributed by atoms with Gasteiger partial charge in [0, 0.05) is 0 Å². The summed E-state index contributed by atoms with van der Waals surface area (Å²) in [4.78, 5) is 2.29. The van der Waals surface area contributed by atoms with Crippen molar-refractivity contribution in [2.24, 2.45) is 11.3 Å². The largest absolute Gasteiger partial charge is 0.309 e. The van der Waals surface area contributed by atoms with Crippen LogP contribution in [-0.4, -0.2) is 25.5 Å². The minimum Gasteiger partial charge on any atom is -0.309 e. The highest BCUT2D eigenvalue weighted by molar-refractivity contribution is 5.18. The molecule has 0 amide bonds. The van der Waals surface area contributed by atoms with Crippen molar-refractivity contribution in [3.05, 3.63) is 11.6 Å². The molecule has 0 bridgehead atoms. The third kappa shape index (κ3) is 5.69. The Hall–Kier alpha value is -0.300.